The molecule has 2 heterocycles. The number of amides is 1. The molecule has 3 rings (SSSR count). The number of carbonyl (C=O) groups excluding carboxylic acids is 1. The van der Waals surface area contributed by atoms with Gasteiger partial charge in [-0.3, -0.25) is 9.20 Å². The lowest BCUT2D eigenvalue weighted by molar-refractivity contribution is -0.432. The van der Waals surface area contributed by atoms with Crippen molar-refractivity contribution in [2.24, 2.45) is 5.73 Å². The third-order valence-corrected chi connectivity index (χ3v) is 4.40. The average molecular weight is 401 g/mol. The maximum absolute atomic E-state index is 12.0. The first kappa shape index (κ1) is 17.9. The molecule has 11 heteroatoms. The Labute approximate surface area is 155 Å². The summed E-state index contributed by atoms with van der Waals surface area (Å²) in [6.07, 6.45) is 1.54. The van der Waals surface area contributed by atoms with E-state index in [9.17, 15) is 4.79 Å². The third-order valence-electron chi connectivity index (χ3n) is 3.35. The molecule has 0 saturated carbocycles. The zero-order chi connectivity index (χ0) is 18.1. The number of benzene rings is 1. The molecule has 0 saturated heterocycles. The molecular formula is C14H10Cl2N4O4S. The van der Waals surface area contributed by atoms with E-state index in [-0.39, 0.29) is 11.3 Å². The number of rotatable bonds is 5. The highest BCUT2D eigenvalue weighted by molar-refractivity contribution is 7.94. The van der Waals surface area contributed by atoms with Crippen molar-refractivity contribution in [2.75, 3.05) is 0 Å². The van der Waals surface area contributed by atoms with Gasteiger partial charge in [0.2, 0.25) is 5.78 Å². The molecule has 0 aliphatic rings. The van der Waals surface area contributed by atoms with Crippen LogP contribution in [0.15, 0.2) is 29.4 Å². The predicted molar refractivity (Wildman–Crippen MR) is 92.4 cm³/mol. The van der Waals surface area contributed by atoms with Crippen molar-refractivity contribution in [1.82, 2.24) is 14.4 Å². The molecule has 25 heavy (non-hydrogen) atoms. The summed E-state index contributed by atoms with van der Waals surface area (Å²) in [7, 11) is 0. The van der Waals surface area contributed by atoms with E-state index >= 15 is 0 Å². The van der Waals surface area contributed by atoms with E-state index in [1.807, 2.05) is 0 Å². The zero-order valence-corrected chi connectivity index (χ0v) is 14.9. The van der Waals surface area contributed by atoms with Gasteiger partial charge in [0.25, 0.3) is 5.91 Å². The highest BCUT2D eigenvalue weighted by Gasteiger charge is 2.22. The van der Waals surface area contributed by atoms with Crippen LogP contribution in [0.4, 0.5) is 0 Å². The molecule has 0 aliphatic heterocycles. The summed E-state index contributed by atoms with van der Waals surface area (Å²) >= 11 is 12.9. The van der Waals surface area contributed by atoms with Crippen LogP contribution in [0, 0.1) is 6.92 Å². The maximum atomic E-state index is 12.0. The summed E-state index contributed by atoms with van der Waals surface area (Å²) in [5.41, 5.74) is 7.08. The van der Waals surface area contributed by atoms with Gasteiger partial charge in [0.15, 0.2) is 0 Å². The highest BCUT2D eigenvalue weighted by Crippen LogP contribution is 2.34. The number of halogens is 2. The van der Waals surface area contributed by atoms with Crippen molar-refractivity contribution in [3.63, 3.8) is 0 Å². The molecule has 0 bridgehead atoms. The molecule has 1 aromatic carbocycles. The number of hydrogen-bond donors (Lipinski definition) is 2. The van der Waals surface area contributed by atoms with Crippen molar-refractivity contribution in [3.05, 3.63) is 45.7 Å². The van der Waals surface area contributed by atoms with E-state index in [0.29, 0.717) is 44.1 Å². The predicted octanol–water partition coefficient (Wildman–Crippen LogP) is 3.54. The number of fused-ring (bicyclic) bond motifs is 1. The maximum Gasteiger partial charge on any atom is 0.252 e. The summed E-state index contributed by atoms with van der Waals surface area (Å²) < 4.78 is 5.92. The molecule has 0 fully saturated rings. The van der Waals surface area contributed by atoms with Crippen molar-refractivity contribution in [2.45, 2.75) is 11.9 Å². The third kappa shape index (κ3) is 3.43. The van der Waals surface area contributed by atoms with Gasteiger partial charge in [-0.05, 0) is 25.1 Å². The molecule has 130 valence electrons. The second-order valence-electron chi connectivity index (χ2n) is 4.88. The lowest BCUT2D eigenvalue weighted by Gasteiger charge is -2.13. The Bertz CT molecular complexity index is 979. The first-order valence-electron chi connectivity index (χ1n) is 6.72. The SMILES string of the molecule is Cc1nc2nc(SOOO)cn2c(-c2ccc(Cl)cc2Cl)c1C(N)=O. The summed E-state index contributed by atoms with van der Waals surface area (Å²) in [5, 5.41) is 12.9. The van der Waals surface area contributed by atoms with E-state index in [2.05, 4.69) is 19.3 Å². The number of carbonyl (C=O) groups is 1. The van der Waals surface area contributed by atoms with Gasteiger partial charge >= 0.3 is 0 Å². The van der Waals surface area contributed by atoms with Crippen molar-refractivity contribution in [1.29, 1.82) is 0 Å². The van der Waals surface area contributed by atoms with Crippen LogP contribution in [0.25, 0.3) is 17.0 Å². The molecule has 0 spiro atoms. The number of primary amides is 1. The van der Waals surface area contributed by atoms with Crippen LogP contribution in [0.1, 0.15) is 16.1 Å². The van der Waals surface area contributed by atoms with Gasteiger partial charge in [0, 0.05) is 16.8 Å². The molecule has 0 radical (unpaired) electrons. The van der Waals surface area contributed by atoms with Crippen LogP contribution >= 0.6 is 35.2 Å². The molecule has 8 nitrogen and oxygen atoms in total. The fraction of sp³-hybridized carbons (Fsp3) is 0.0714. The van der Waals surface area contributed by atoms with Crippen molar-refractivity contribution < 1.29 is 19.4 Å². The van der Waals surface area contributed by atoms with E-state index in [1.165, 1.54) is 6.20 Å². The molecule has 0 aliphatic carbocycles. The first-order chi connectivity index (χ1) is 11.9. The quantitative estimate of drug-likeness (QED) is 0.382. The zero-order valence-electron chi connectivity index (χ0n) is 12.6. The average Bonchev–Trinajstić information content (AvgIpc) is 2.94. The topological polar surface area (TPSA) is 112 Å². The van der Waals surface area contributed by atoms with Gasteiger partial charge in [0.1, 0.15) is 5.03 Å². The highest BCUT2D eigenvalue weighted by atomic mass is 35.5. The van der Waals surface area contributed by atoms with Crippen molar-refractivity contribution in [3.8, 4) is 11.3 Å². The number of hydrogen-bond acceptors (Lipinski definition) is 7. The number of aryl methyl sites for hydroxylation is 1. The van der Waals surface area contributed by atoms with Gasteiger partial charge in [-0.1, -0.05) is 28.2 Å². The van der Waals surface area contributed by atoms with Crippen LogP contribution in [0.5, 0.6) is 0 Å². The Hall–Kier alpha value is -1.88. The summed E-state index contributed by atoms with van der Waals surface area (Å²) in [6.45, 7) is 1.64. The Morgan fingerprint density at radius 1 is 1.36 bits per heavy atom. The second-order valence-corrected chi connectivity index (χ2v) is 6.45. The Morgan fingerprint density at radius 2 is 2.12 bits per heavy atom. The second kappa shape index (κ2) is 7.16. The minimum atomic E-state index is -0.661. The van der Waals surface area contributed by atoms with Crippen LogP contribution in [0.2, 0.25) is 10.0 Å². The fourth-order valence-corrected chi connectivity index (χ4v) is 3.29. The summed E-state index contributed by atoms with van der Waals surface area (Å²) in [5.74, 6) is -0.377. The van der Waals surface area contributed by atoms with Crippen LogP contribution in [0.3, 0.4) is 0 Å². The molecule has 0 atom stereocenters. The van der Waals surface area contributed by atoms with Crippen molar-refractivity contribution >= 4 is 46.9 Å². The van der Waals surface area contributed by atoms with E-state index in [1.54, 1.807) is 29.5 Å². The molecule has 1 amide bonds. The van der Waals surface area contributed by atoms with Gasteiger partial charge in [0.05, 0.1) is 34.0 Å². The number of imidazole rings is 1. The Morgan fingerprint density at radius 3 is 2.76 bits per heavy atom. The molecule has 3 aromatic rings. The van der Waals surface area contributed by atoms with Gasteiger partial charge in [-0.15, -0.1) is 4.33 Å². The van der Waals surface area contributed by atoms with E-state index in [4.69, 9.17) is 34.2 Å². The molecule has 0 unspecified atom stereocenters. The van der Waals surface area contributed by atoms with E-state index < -0.39 is 5.91 Å². The van der Waals surface area contributed by atoms with Crippen LogP contribution < -0.4 is 5.73 Å². The summed E-state index contributed by atoms with van der Waals surface area (Å²) in [6, 6.07) is 4.87. The van der Waals surface area contributed by atoms with Gasteiger partial charge < -0.3 is 5.73 Å². The minimum absolute atomic E-state index is 0.199. The van der Waals surface area contributed by atoms with Gasteiger partial charge in [-0.25, -0.2) is 15.2 Å². The van der Waals surface area contributed by atoms with Gasteiger partial charge in [-0.2, -0.15) is 0 Å². The molecule has 2 aromatic heterocycles. The smallest absolute Gasteiger partial charge is 0.252 e. The first-order valence-corrected chi connectivity index (χ1v) is 8.21. The monoisotopic (exact) mass is 400 g/mol. The number of nitrogens with zero attached hydrogens (tertiary/aromatic N) is 3. The Balaban J connectivity index is 2.34. The van der Waals surface area contributed by atoms with Crippen LogP contribution in [-0.2, 0) is 9.37 Å². The molecular weight excluding hydrogens is 391 g/mol. The fourth-order valence-electron chi connectivity index (χ4n) is 2.42. The lowest BCUT2D eigenvalue weighted by Crippen LogP contribution is -2.17. The van der Waals surface area contributed by atoms with Crippen LogP contribution in [-0.4, -0.2) is 25.5 Å². The minimum Gasteiger partial charge on any atom is -0.365 e. The number of nitrogens with two attached hydrogens (primary N) is 1. The number of aromatic nitrogens is 3. The molecule has 3 N–H and O–H groups in total. The Kier molecular flexibility index (Phi) is 5.13. The lowest BCUT2D eigenvalue weighted by atomic mass is 10.0. The van der Waals surface area contributed by atoms with E-state index in [0.717, 1.165) is 0 Å². The normalized spacial score (nSPS) is 11.2. The largest absolute Gasteiger partial charge is 0.365 e. The standard InChI is InChI=1S/C14H10Cl2N4O4S/c1-6-11(13(17)21)12(8-3-2-7(15)4-9(8)16)20-5-10(25-24-23-22)19-14(20)18-6/h2-5,22H,1H3,(H2,17,21). The summed E-state index contributed by atoms with van der Waals surface area (Å²) in [4.78, 5) is 20.5.